The molecule has 21 heavy (non-hydrogen) atoms. The number of methoxy groups -OCH3 is 1. The summed E-state index contributed by atoms with van der Waals surface area (Å²) in [7, 11) is 1.55. The van der Waals surface area contributed by atoms with Crippen molar-refractivity contribution in [3.8, 4) is 5.75 Å². The number of urea groups is 1. The van der Waals surface area contributed by atoms with Crippen LogP contribution in [0.2, 0.25) is 0 Å². The van der Waals surface area contributed by atoms with Crippen LogP contribution in [0.15, 0.2) is 36.4 Å². The molecule has 4 nitrogen and oxygen atoms in total. The molecular weight excluding hydrogens is 278 g/mol. The molecular formula is C15H14F2N2O2. The number of carbonyl (C=O) groups is 1. The molecule has 0 spiro atoms. The Hall–Kier alpha value is -2.63. The normalized spacial score (nSPS) is 10.1. The van der Waals surface area contributed by atoms with E-state index in [1.54, 1.807) is 25.3 Å². The first kappa shape index (κ1) is 14.8. The predicted octanol–water partition coefficient (Wildman–Crippen LogP) is 3.93. The fourth-order valence-corrected chi connectivity index (χ4v) is 1.76. The van der Waals surface area contributed by atoms with Crippen molar-refractivity contribution < 1.29 is 18.3 Å². The number of carbonyl (C=O) groups excluding carboxylic acids is 1. The van der Waals surface area contributed by atoms with Crippen molar-refractivity contribution in [2.24, 2.45) is 0 Å². The highest BCUT2D eigenvalue weighted by Gasteiger charge is 2.08. The molecule has 0 aromatic heterocycles. The molecule has 0 saturated carbocycles. The second-order valence-electron chi connectivity index (χ2n) is 4.39. The number of aryl methyl sites for hydroxylation is 1. The summed E-state index contributed by atoms with van der Waals surface area (Å²) in [5.41, 5.74) is 1.57. The van der Waals surface area contributed by atoms with Gasteiger partial charge in [-0.15, -0.1) is 0 Å². The topological polar surface area (TPSA) is 50.4 Å². The molecule has 2 rings (SSSR count). The number of hydrogen-bond donors (Lipinski definition) is 2. The first-order valence-corrected chi connectivity index (χ1v) is 6.17. The molecule has 0 aliphatic heterocycles. The standard InChI is InChI=1S/C15H14F2N2O2/c1-9-7-11(21-2)4-6-14(9)19-15(20)18-10-3-5-12(16)13(17)8-10/h3-8H,1-2H3,(H2,18,19,20). The van der Waals surface area contributed by atoms with Crippen LogP contribution in [0, 0.1) is 18.6 Å². The van der Waals surface area contributed by atoms with Crippen molar-refractivity contribution in [2.45, 2.75) is 6.92 Å². The monoisotopic (exact) mass is 292 g/mol. The first-order chi connectivity index (χ1) is 9.99. The predicted molar refractivity (Wildman–Crippen MR) is 76.7 cm³/mol. The van der Waals surface area contributed by atoms with Gasteiger partial charge in [0.15, 0.2) is 11.6 Å². The van der Waals surface area contributed by atoms with Gasteiger partial charge < -0.3 is 15.4 Å². The summed E-state index contributed by atoms with van der Waals surface area (Å²) in [4.78, 5) is 11.8. The van der Waals surface area contributed by atoms with E-state index in [1.165, 1.54) is 6.07 Å². The average molecular weight is 292 g/mol. The maximum absolute atomic E-state index is 13.0. The number of anilines is 2. The van der Waals surface area contributed by atoms with Gasteiger partial charge in [-0.3, -0.25) is 0 Å². The molecule has 0 atom stereocenters. The van der Waals surface area contributed by atoms with Gasteiger partial charge in [-0.05, 0) is 42.8 Å². The number of amides is 2. The van der Waals surface area contributed by atoms with E-state index in [0.717, 1.165) is 17.7 Å². The van der Waals surface area contributed by atoms with Crippen molar-refractivity contribution in [1.82, 2.24) is 0 Å². The summed E-state index contributed by atoms with van der Waals surface area (Å²) < 4.78 is 30.9. The first-order valence-electron chi connectivity index (χ1n) is 6.17. The minimum atomic E-state index is -1.02. The van der Waals surface area contributed by atoms with Gasteiger partial charge >= 0.3 is 6.03 Å². The lowest BCUT2D eigenvalue weighted by Crippen LogP contribution is -2.20. The third-order valence-electron chi connectivity index (χ3n) is 2.86. The van der Waals surface area contributed by atoms with Crippen LogP contribution in [0.5, 0.6) is 5.75 Å². The molecule has 2 aromatic rings. The second kappa shape index (κ2) is 6.21. The van der Waals surface area contributed by atoms with Gasteiger partial charge in [0.25, 0.3) is 0 Å². The van der Waals surface area contributed by atoms with E-state index in [0.29, 0.717) is 11.4 Å². The molecule has 0 unspecified atom stereocenters. The lowest BCUT2D eigenvalue weighted by atomic mass is 10.2. The van der Waals surface area contributed by atoms with Gasteiger partial charge in [0.05, 0.1) is 7.11 Å². The smallest absolute Gasteiger partial charge is 0.323 e. The zero-order valence-corrected chi connectivity index (χ0v) is 11.5. The summed E-state index contributed by atoms with van der Waals surface area (Å²) in [5, 5.41) is 5.05. The summed E-state index contributed by atoms with van der Waals surface area (Å²) in [5.74, 6) is -1.31. The van der Waals surface area contributed by atoms with Gasteiger partial charge in [0.2, 0.25) is 0 Å². The van der Waals surface area contributed by atoms with Crippen LogP contribution in [0.4, 0.5) is 25.0 Å². The Bertz CT molecular complexity index is 675. The van der Waals surface area contributed by atoms with Gasteiger partial charge in [-0.2, -0.15) is 0 Å². The van der Waals surface area contributed by atoms with Crippen molar-refractivity contribution in [3.05, 3.63) is 53.6 Å². The Morgan fingerprint density at radius 3 is 2.43 bits per heavy atom. The van der Waals surface area contributed by atoms with Gasteiger partial charge in [-0.25, -0.2) is 13.6 Å². The SMILES string of the molecule is COc1ccc(NC(=O)Nc2ccc(F)c(F)c2)c(C)c1. The Labute approximate surface area is 120 Å². The van der Waals surface area contributed by atoms with Crippen LogP contribution >= 0.6 is 0 Å². The molecule has 0 fully saturated rings. The largest absolute Gasteiger partial charge is 0.497 e. The number of nitrogens with one attached hydrogen (secondary N) is 2. The number of benzene rings is 2. The molecule has 2 amide bonds. The Kier molecular flexibility index (Phi) is 4.37. The summed E-state index contributed by atoms with van der Waals surface area (Å²) in [6.45, 7) is 1.82. The van der Waals surface area contributed by atoms with Crippen LogP contribution in [0.1, 0.15) is 5.56 Å². The van der Waals surface area contributed by atoms with Gasteiger partial charge in [0.1, 0.15) is 5.75 Å². The van der Waals surface area contributed by atoms with Crippen molar-refractivity contribution in [2.75, 3.05) is 17.7 Å². The second-order valence-corrected chi connectivity index (χ2v) is 4.39. The maximum atomic E-state index is 13.0. The van der Waals surface area contributed by atoms with E-state index in [9.17, 15) is 13.6 Å². The number of rotatable bonds is 3. The fraction of sp³-hybridized carbons (Fsp3) is 0.133. The molecule has 0 aliphatic carbocycles. The van der Waals surface area contributed by atoms with E-state index in [-0.39, 0.29) is 5.69 Å². The average Bonchev–Trinajstić information content (AvgIpc) is 2.45. The molecule has 0 radical (unpaired) electrons. The Morgan fingerprint density at radius 1 is 1.05 bits per heavy atom. The van der Waals surface area contributed by atoms with Crippen LogP contribution < -0.4 is 15.4 Å². The lowest BCUT2D eigenvalue weighted by Gasteiger charge is -2.11. The van der Waals surface area contributed by atoms with Crippen LogP contribution in [0.25, 0.3) is 0 Å². The molecule has 0 bridgehead atoms. The highest BCUT2D eigenvalue weighted by atomic mass is 19.2. The third-order valence-corrected chi connectivity index (χ3v) is 2.86. The van der Waals surface area contributed by atoms with Crippen LogP contribution in [-0.4, -0.2) is 13.1 Å². The number of hydrogen-bond acceptors (Lipinski definition) is 2. The quantitative estimate of drug-likeness (QED) is 0.900. The van der Waals surface area contributed by atoms with Crippen molar-refractivity contribution >= 4 is 17.4 Å². The van der Waals surface area contributed by atoms with Gasteiger partial charge in [0, 0.05) is 17.4 Å². The van der Waals surface area contributed by atoms with E-state index < -0.39 is 17.7 Å². The van der Waals surface area contributed by atoms with Gasteiger partial charge in [-0.1, -0.05) is 0 Å². The minimum absolute atomic E-state index is 0.164. The molecule has 2 aromatic carbocycles. The summed E-state index contributed by atoms with van der Waals surface area (Å²) >= 11 is 0. The lowest BCUT2D eigenvalue weighted by molar-refractivity contribution is 0.262. The Morgan fingerprint density at radius 2 is 1.81 bits per heavy atom. The fourth-order valence-electron chi connectivity index (χ4n) is 1.76. The van der Waals surface area contributed by atoms with Crippen molar-refractivity contribution in [1.29, 1.82) is 0 Å². The number of halogens is 2. The summed E-state index contributed by atoms with van der Waals surface area (Å²) in [6, 6.07) is 7.76. The Balaban J connectivity index is 2.06. The van der Waals surface area contributed by atoms with E-state index in [4.69, 9.17) is 4.74 Å². The zero-order valence-electron chi connectivity index (χ0n) is 11.5. The third kappa shape index (κ3) is 3.68. The molecule has 0 aliphatic rings. The highest BCUT2D eigenvalue weighted by Crippen LogP contribution is 2.21. The van der Waals surface area contributed by atoms with E-state index in [1.807, 2.05) is 6.92 Å². The maximum Gasteiger partial charge on any atom is 0.323 e. The zero-order chi connectivity index (χ0) is 15.4. The molecule has 2 N–H and O–H groups in total. The number of ether oxygens (including phenoxy) is 1. The van der Waals surface area contributed by atoms with E-state index in [2.05, 4.69) is 10.6 Å². The molecule has 6 heteroatoms. The van der Waals surface area contributed by atoms with Crippen LogP contribution in [0.3, 0.4) is 0 Å². The van der Waals surface area contributed by atoms with Crippen molar-refractivity contribution in [3.63, 3.8) is 0 Å². The van der Waals surface area contributed by atoms with Crippen LogP contribution in [-0.2, 0) is 0 Å². The summed E-state index contributed by atoms with van der Waals surface area (Å²) in [6.07, 6.45) is 0. The minimum Gasteiger partial charge on any atom is -0.497 e. The molecule has 0 heterocycles. The molecule has 0 saturated heterocycles. The molecule has 110 valence electrons. The highest BCUT2D eigenvalue weighted by molar-refractivity contribution is 6.00. The van der Waals surface area contributed by atoms with E-state index >= 15 is 0 Å².